The molecule has 0 N–H and O–H groups in total. The number of rotatable bonds is 21. The lowest BCUT2D eigenvalue weighted by Crippen LogP contribution is -2.27. The molecule has 0 amide bonds. The van der Waals surface area contributed by atoms with E-state index in [1.807, 2.05) is 0 Å². The van der Waals surface area contributed by atoms with Crippen LogP contribution in [0.1, 0.15) is 117 Å². The molecule has 0 radical (unpaired) electrons. The summed E-state index contributed by atoms with van der Waals surface area (Å²) >= 11 is 0. The van der Waals surface area contributed by atoms with Crippen LogP contribution in [0, 0.1) is 0 Å². The molecule has 0 saturated carbocycles. The fourth-order valence-corrected chi connectivity index (χ4v) is 3.51. The van der Waals surface area contributed by atoms with Crippen LogP contribution in [0.3, 0.4) is 0 Å². The molecule has 1 nitrogen and oxygen atoms in total. The van der Waals surface area contributed by atoms with Crippen molar-refractivity contribution in [2.45, 2.75) is 117 Å². The van der Waals surface area contributed by atoms with E-state index < -0.39 is 0 Å². The Kier molecular flexibility index (Phi) is 23.5. The molecule has 0 fully saturated rings. The zero-order valence-electron chi connectivity index (χ0n) is 19.6. The van der Waals surface area contributed by atoms with Crippen molar-refractivity contribution in [3.05, 3.63) is 36.5 Å². The Bertz CT molecular complexity index is 309. The molecule has 0 heterocycles. The summed E-state index contributed by atoms with van der Waals surface area (Å²) in [6.07, 6.45) is 33.7. The van der Waals surface area contributed by atoms with Gasteiger partial charge in [0.2, 0.25) is 0 Å². The van der Waals surface area contributed by atoms with Gasteiger partial charge in [-0.3, -0.25) is 0 Å². The number of unbranched alkanes of at least 4 members (excludes halogenated alkanes) is 9. The number of hydrogen-bond acceptors (Lipinski definition) is 1. The van der Waals surface area contributed by atoms with E-state index in [4.69, 9.17) is 0 Å². The molecular weight excluding hydrogens is 338 g/mol. The molecule has 0 atom stereocenters. The maximum absolute atomic E-state index is 2.76. The second kappa shape index (κ2) is 24.2. The highest BCUT2D eigenvalue weighted by Crippen LogP contribution is 2.09. The summed E-state index contributed by atoms with van der Waals surface area (Å²) in [5.41, 5.74) is 0. The van der Waals surface area contributed by atoms with Crippen LogP contribution < -0.4 is 0 Å². The first-order valence-corrected chi connectivity index (χ1v) is 12.5. The van der Waals surface area contributed by atoms with E-state index in [2.05, 4.69) is 62.1 Å². The molecule has 0 aromatic rings. The smallest absolute Gasteiger partial charge is 0.00187 e. The Balaban J connectivity index is 3.93. The molecule has 0 bridgehead atoms. The van der Waals surface area contributed by atoms with Crippen LogP contribution in [0.5, 0.6) is 0 Å². The third-order valence-electron chi connectivity index (χ3n) is 5.24. The van der Waals surface area contributed by atoms with Gasteiger partial charge >= 0.3 is 0 Å². The van der Waals surface area contributed by atoms with Crippen molar-refractivity contribution in [3.63, 3.8) is 0 Å². The van der Waals surface area contributed by atoms with Crippen molar-refractivity contribution in [2.75, 3.05) is 19.6 Å². The molecule has 0 aliphatic heterocycles. The lowest BCUT2D eigenvalue weighted by atomic mass is 10.1. The molecule has 28 heavy (non-hydrogen) atoms. The van der Waals surface area contributed by atoms with Gasteiger partial charge in [-0.05, 0) is 96.7 Å². The summed E-state index contributed by atoms with van der Waals surface area (Å²) in [5, 5.41) is 0. The van der Waals surface area contributed by atoms with Gasteiger partial charge in [-0.25, -0.2) is 0 Å². The maximum atomic E-state index is 2.76. The predicted octanol–water partition coefficient (Wildman–Crippen LogP) is 8.87. The molecule has 164 valence electrons. The van der Waals surface area contributed by atoms with Gasteiger partial charge in [0.05, 0.1) is 0 Å². The van der Waals surface area contributed by atoms with E-state index in [0.29, 0.717) is 0 Å². The Morgan fingerprint density at radius 3 is 1.00 bits per heavy atom. The molecule has 0 rings (SSSR count). The van der Waals surface area contributed by atoms with E-state index in [-0.39, 0.29) is 0 Å². The number of hydrogen-bond donors (Lipinski definition) is 0. The summed E-state index contributed by atoms with van der Waals surface area (Å²) in [7, 11) is 0. The average molecular weight is 390 g/mol. The van der Waals surface area contributed by atoms with Crippen LogP contribution in [0.4, 0.5) is 0 Å². The zero-order valence-corrected chi connectivity index (χ0v) is 19.6. The molecule has 0 aliphatic rings. The van der Waals surface area contributed by atoms with Crippen molar-refractivity contribution in [2.24, 2.45) is 0 Å². The first-order valence-electron chi connectivity index (χ1n) is 12.5. The minimum Gasteiger partial charge on any atom is -0.303 e. The fourth-order valence-electron chi connectivity index (χ4n) is 3.51. The Hall–Kier alpha value is -0.820. The SMILES string of the molecule is CC/C=C/CCCCCN(CCCCC/C=C/CC)CCCCC/C=C/CC. The van der Waals surface area contributed by atoms with Crippen LogP contribution in [-0.4, -0.2) is 24.5 Å². The van der Waals surface area contributed by atoms with Gasteiger partial charge in [-0.15, -0.1) is 0 Å². The van der Waals surface area contributed by atoms with Crippen molar-refractivity contribution in [1.82, 2.24) is 4.90 Å². The topological polar surface area (TPSA) is 3.24 Å². The highest BCUT2D eigenvalue weighted by Gasteiger charge is 2.04. The second-order valence-corrected chi connectivity index (χ2v) is 8.03. The molecular formula is C27H51N. The highest BCUT2D eigenvalue weighted by molar-refractivity contribution is 4.81. The van der Waals surface area contributed by atoms with Crippen molar-refractivity contribution >= 4 is 0 Å². The second-order valence-electron chi connectivity index (χ2n) is 8.03. The molecule has 0 unspecified atom stereocenters. The van der Waals surface area contributed by atoms with Crippen molar-refractivity contribution in [3.8, 4) is 0 Å². The lowest BCUT2D eigenvalue weighted by molar-refractivity contribution is 0.255. The summed E-state index contributed by atoms with van der Waals surface area (Å²) in [6.45, 7) is 10.6. The number of nitrogens with zero attached hydrogens (tertiary/aromatic N) is 1. The van der Waals surface area contributed by atoms with Gasteiger partial charge in [0.1, 0.15) is 0 Å². The Morgan fingerprint density at radius 1 is 0.393 bits per heavy atom. The van der Waals surface area contributed by atoms with Gasteiger partial charge in [-0.1, -0.05) is 76.5 Å². The molecule has 0 aromatic heterocycles. The van der Waals surface area contributed by atoms with Crippen LogP contribution in [0.2, 0.25) is 0 Å². The van der Waals surface area contributed by atoms with E-state index in [0.717, 1.165) is 0 Å². The fraction of sp³-hybridized carbons (Fsp3) is 0.778. The van der Waals surface area contributed by atoms with E-state index in [1.165, 1.54) is 116 Å². The van der Waals surface area contributed by atoms with Gasteiger partial charge in [0, 0.05) is 0 Å². The highest BCUT2D eigenvalue weighted by atomic mass is 15.1. The van der Waals surface area contributed by atoms with E-state index in [9.17, 15) is 0 Å². The van der Waals surface area contributed by atoms with Crippen LogP contribution in [-0.2, 0) is 0 Å². The van der Waals surface area contributed by atoms with E-state index in [1.54, 1.807) is 0 Å². The largest absolute Gasteiger partial charge is 0.303 e. The lowest BCUT2D eigenvalue weighted by Gasteiger charge is -2.22. The molecule has 1 heteroatoms. The predicted molar refractivity (Wildman–Crippen MR) is 130 cm³/mol. The van der Waals surface area contributed by atoms with Crippen LogP contribution in [0.25, 0.3) is 0 Å². The van der Waals surface area contributed by atoms with Crippen LogP contribution >= 0.6 is 0 Å². The third-order valence-corrected chi connectivity index (χ3v) is 5.24. The normalized spacial score (nSPS) is 12.4. The summed E-state index contributed by atoms with van der Waals surface area (Å²) in [4.78, 5) is 2.76. The van der Waals surface area contributed by atoms with Gasteiger partial charge in [0.15, 0.2) is 0 Å². The summed E-state index contributed by atoms with van der Waals surface area (Å²) in [6, 6.07) is 0. The van der Waals surface area contributed by atoms with Crippen molar-refractivity contribution in [1.29, 1.82) is 0 Å². The number of allylic oxidation sites excluding steroid dienone is 6. The van der Waals surface area contributed by atoms with Crippen molar-refractivity contribution < 1.29 is 0 Å². The molecule has 0 spiro atoms. The van der Waals surface area contributed by atoms with Gasteiger partial charge < -0.3 is 4.90 Å². The molecule has 0 saturated heterocycles. The minimum absolute atomic E-state index is 1.18. The summed E-state index contributed by atoms with van der Waals surface area (Å²) < 4.78 is 0. The first kappa shape index (κ1) is 27.2. The monoisotopic (exact) mass is 389 g/mol. The standard InChI is InChI=1S/C27H51N/c1-4-7-10-13-16-19-22-25-28(26-23-20-17-14-11-8-5-2)27-24-21-18-15-12-9-6-3/h7-12H,4-6,13-27H2,1-3H3/b10-7+,11-8+,12-9+. The Morgan fingerprint density at radius 2 is 0.714 bits per heavy atom. The zero-order chi connectivity index (χ0) is 20.5. The quantitative estimate of drug-likeness (QED) is 0.140. The summed E-state index contributed by atoms with van der Waals surface area (Å²) in [5.74, 6) is 0. The average Bonchev–Trinajstić information content (AvgIpc) is 2.71. The Labute approximate surface area is 178 Å². The minimum atomic E-state index is 1.18. The molecule has 0 aliphatic carbocycles. The van der Waals surface area contributed by atoms with Crippen LogP contribution in [0.15, 0.2) is 36.5 Å². The maximum Gasteiger partial charge on any atom is -0.00187 e. The van der Waals surface area contributed by atoms with Gasteiger partial charge in [-0.2, -0.15) is 0 Å². The first-order chi connectivity index (χ1) is 13.8. The third kappa shape index (κ3) is 21.5. The van der Waals surface area contributed by atoms with E-state index >= 15 is 0 Å². The van der Waals surface area contributed by atoms with Gasteiger partial charge in [0.25, 0.3) is 0 Å². The molecule has 0 aromatic carbocycles.